The molecule has 25 heavy (non-hydrogen) atoms. The molecule has 0 spiro atoms. The van der Waals surface area contributed by atoms with Gasteiger partial charge in [-0.25, -0.2) is 9.37 Å². The highest BCUT2D eigenvalue weighted by atomic mass is 35.5. The highest BCUT2D eigenvalue weighted by molar-refractivity contribution is 7.09. The van der Waals surface area contributed by atoms with Crippen LogP contribution in [0, 0.1) is 12.7 Å². The minimum absolute atomic E-state index is 0.0428. The minimum Gasteiger partial charge on any atom is -0.487 e. The minimum atomic E-state index is -0.531. The van der Waals surface area contributed by atoms with Gasteiger partial charge in [0, 0.05) is 16.6 Å². The predicted molar refractivity (Wildman–Crippen MR) is 97.0 cm³/mol. The molecule has 4 nitrogen and oxygen atoms in total. The molecule has 1 aromatic heterocycles. The van der Waals surface area contributed by atoms with Crippen LogP contribution in [-0.2, 0) is 6.61 Å². The number of hydrogen-bond acceptors (Lipinski definition) is 4. The van der Waals surface area contributed by atoms with Crippen LogP contribution in [0.25, 0.3) is 0 Å². The van der Waals surface area contributed by atoms with Crippen molar-refractivity contribution in [2.24, 2.45) is 0 Å². The van der Waals surface area contributed by atoms with E-state index >= 15 is 0 Å². The molecule has 2 aromatic carbocycles. The third-order valence-corrected chi connectivity index (χ3v) is 4.46. The zero-order valence-electron chi connectivity index (χ0n) is 13.3. The first-order valence-corrected chi connectivity index (χ1v) is 8.67. The molecule has 0 saturated carbocycles. The molecule has 0 atom stereocenters. The summed E-state index contributed by atoms with van der Waals surface area (Å²) >= 11 is 7.28. The summed E-state index contributed by atoms with van der Waals surface area (Å²) in [7, 11) is 0. The summed E-state index contributed by atoms with van der Waals surface area (Å²) in [5.41, 5.74) is 1.76. The molecular formula is C18H14ClFN2O2S. The van der Waals surface area contributed by atoms with Crippen LogP contribution in [0.15, 0.2) is 47.8 Å². The lowest BCUT2D eigenvalue weighted by Crippen LogP contribution is -2.11. The van der Waals surface area contributed by atoms with E-state index in [9.17, 15) is 9.18 Å². The maximum atomic E-state index is 13.1. The van der Waals surface area contributed by atoms with E-state index in [1.165, 1.54) is 18.2 Å². The first kappa shape index (κ1) is 17.4. The largest absolute Gasteiger partial charge is 0.487 e. The number of hydrogen-bond donors (Lipinski definition) is 1. The summed E-state index contributed by atoms with van der Waals surface area (Å²) in [6.45, 7) is 2.32. The summed E-state index contributed by atoms with van der Waals surface area (Å²) in [5, 5.41) is 5.57. The zero-order valence-corrected chi connectivity index (χ0v) is 14.8. The first-order valence-electron chi connectivity index (χ1n) is 7.41. The summed E-state index contributed by atoms with van der Waals surface area (Å²) in [5.74, 6) is -0.201. The average molecular weight is 377 g/mol. The Labute approximate surface area is 153 Å². The lowest BCUT2D eigenvalue weighted by Gasteiger charge is -2.08. The number of anilines is 1. The number of thiazole rings is 1. The molecule has 1 amide bonds. The number of nitrogens with one attached hydrogen (secondary N) is 1. The Bertz CT molecular complexity index is 896. The number of amides is 1. The van der Waals surface area contributed by atoms with Crippen molar-refractivity contribution in [1.82, 2.24) is 4.98 Å². The molecule has 7 heteroatoms. The van der Waals surface area contributed by atoms with Crippen LogP contribution in [0.4, 0.5) is 10.1 Å². The maximum Gasteiger partial charge on any atom is 0.255 e. The van der Waals surface area contributed by atoms with Gasteiger partial charge in [0.05, 0.1) is 15.7 Å². The zero-order chi connectivity index (χ0) is 17.8. The van der Waals surface area contributed by atoms with E-state index in [2.05, 4.69) is 10.3 Å². The van der Waals surface area contributed by atoms with Crippen LogP contribution in [0.5, 0.6) is 5.75 Å². The molecule has 3 rings (SSSR count). The molecule has 0 saturated heterocycles. The molecule has 0 bridgehead atoms. The topological polar surface area (TPSA) is 51.2 Å². The van der Waals surface area contributed by atoms with E-state index in [-0.39, 0.29) is 10.9 Å². The number of ether oxygens (including phenoxy) is 1. The van der Waals surface area contributed by atoms with Crippen molar-refractivity contribution in [3.8, 4) is 5.75 Å². The number of aryl methyl sites for hydroxylation is 1. The van der Waals surface area contributed by atoms with Gasteiger partial charge in [-0.2, -0.15) is 0 Å². The number of rotatable bonds is 5. The van der Waals surface area contributed by atoms with Crippen molar-refractivity contribution < 1.29 is 13.9 Å². The molecule has 1 N–H and O–H groups in total. The molecule has 128 valence electrons. The second kappa shape index (κ2) is 7.63. The molecule has 0 aliphatic rings. The van der Waals surface area contributed by atoms with Gasteiger partial charge in [0.25, 0.3) is 5.91 Å². The van der Waals surface area contributed by atoms with E-state index in [4.69, 9.17) is 16.3 Å². The van der Waals surface area contributed by atoms with E-state index in [0.717, 1.165) is 10.7 Å². The third-order valence-electron chi connectivity index (χ3n) is 3.35. The Balaban J connectivity index is 1.60. The van der Waals surface area contributed by atoms with Gasteiger partial charge in [-0.15, -0.1) is 11.3 Å². The Kier molecular flexibility index (Phi) is 5.31. The molecule has 1 heterocycles. The highest BCUT2D eigenvalue weighted by Crippen LogP contribution is 2.21. The van der Waals surface area contributed by atoms with Crippen molar-refractivity contribution in [1.29, 1.82) is 0 Å². The Morgan fingerprint density at radius 3 is 2.68 bits per heavy atom. The SMILES string of the molecule is Cc1nc(COc2ccc(C(=O)Nc3ccc(F)c(Cl)c3)cc2)cs1. The number of carbonyl (C=O) groups is 1. The quantitative estimate of drug-likeness (QED) is 0.675. The Morgan fingerprint density at radius 2 is 2.04 bits per heavy atom. The van der Waals surface area contributed by atoms with Crippen molar-refractivity contribution in [3.63, 3.8) is 0 Å². The highest BCUT2D eigenvalue weighted by Gasteiger charge is 2.08. The number of halogens is 2. The van der Waals surface area contributed by atoms with Crippen molar-refractivity contribution >= 4 is 34.5 Å². The monoisotopic (exact) mass is 376 g/mol. The van der Waals surface area contributed by atoms with Gasteiger partial charge in [-0.1, -0.05) is 11.6 Å². The third kappa shape index (κ3) is 4.55. The standard InChI is InChI=1S/C18H14ClFN2O2S/c1-11-21-14(10-25-11)9-24-15-5-2-12(3-6-15)18(23)22-13-4-7-17(20)16(19)8-13/h2-8,10H,9H2,1H3,(H,22,23). The van der Waals surface area contributed by atoms with Crippen molar-refractivity contribution in [2.75, 3.05) is 5.32 Å². The van der Waals surface area contributed by atoms with Gasteiger partial charge < -0.3 is 10.1 Å². The average Bonchev–Trinajstić information content (AvgIpc) is 3.02. The molecule has 0 aliphatic carbocycles. The van der Waals surface area contributed by atoms with E-state index in [0.29, 0.717) is 23.6 Å². The lowest BCUT2D eigenvalue weighted by atomic mass is 10.2. The molecule has 0 fully saturated rings. The second-order valence-electron chi connectivity index (χ2n) is 5.25. The summed E-state index contributed by atoms with van der Waals surface area (Å²) in [6, 6.07) is 10.8. The fourth-order valence-corrected chi connectivity index (χ4v) is 2.89. The van der Waals surface area contributed by atoms with Crippen LogP contribution in [-0.4, -0.2) is 10.9 Å². The normalized spacial score (nSPS) is 10.5. The number of aromatic nitrogens is 1. The van der Waals surface area contributed by atoms with Crippen molar-refractivity contribution in [2.45, 2.75) is 13.5 Å². The summed E-state index contributed by atoms with van der Waals surface area (Å²) < 4.78 is 18.8. The number of carbonyl (C=O) groups excluding carboxylic acids is 1. The van der Waals surface area contributed by atoms with Gasteiger partial charge >= 0.3 is 0 Å². The van der Waals surface area contributed by atoms with Gasteiger partial charge in [-0.05, 0) is 49.4 Å². The molecular weight excluding hydrogens is 363 g/mol. The molecule has 0 radical (unpaired) electrons. The van der Waals surface area contributed by atoms with Crippen LogP contribution in [0.3, 0.4) is 0 Å². The van der Waals surface area contributed by atoms with Crippen LogP contribution >= 0.6 is 22.9 Å². The fourth-order valence-electron chi connectivity index (χ4n) is 2.11. The smallest absolute Gasteiger partial charge is 0.255 e. The second-order valence-corrected chi connectivity index (χ2v) is 6.72. The number of benzene rings is 2. The van der Waals surface area contributed by atoms with Crippen LogP contribution < -0.4 is 10.1 Å². The molecule has 0 unspecified atom stereocenters. The predicted octanol–water partition coefficient (Wildman–Crippen LogP) is 5.08. The van der Waals surface area contributed by atoms with Gasteiger partial charge in [0.15, 0.2) is 0 Å². The Hall–Kier alpha value is -2.44. The van der Waals surface area contributed by atoms with Crippen LogP contribution in [0.1, 0.15) is 21.1 Å². The van der Waals surface area contributed by atoms with E-state index < -0.39 is 5.82 Å². The Morgan fingerprint density at radius 1 is 1.28 bits per heavy atom. The van der Waals surface area contributed by atoms with E-state index in [1.807, 2.05) is 12.3 Å². The van der Waals surface area contributed by atoms with Crippen molar-refractivity contribution in [3.05, 3.63) is 74.9 Å². The number of nitrogens with zero attached hydrogens (tertiary/aromatic N) is 1. The molecule has 0 aliphatic heterocycles. The maximum absolute atomic E-state index is 13.1. The van der Waals surface area contributed by atoms with E-state index in [1.54, 1.807) is 35.6 Å². The summed E-state index contributed by atoms with van der Waals surface area (Å²) in [4.78, 5) is 16.5. The van der Waals surface area contributed by atoms with Gasteiger partial charge in [-0.3, -0.25) is 4.79 Å². The van der Waals surface area contributed by atoms with Gasteiger partial charge in [0.2, 0.25) is 0 Å². The van der Waals surface area contributed by atoms with Gasteiger partial charge in [0.1, 0.15) is 18.2 Å². The first-order chi connectivity index (χ1) is 12.0. The fraction of sp³-hybridized carbons (Fsp3) is 0.111. The molecule has 3 aromatic rings. The lowest BCUT2D eigenvalue weighted by molar-refractivity contribution is 0.102. The summed E-state index contributed by atoms with van der Waals surface area (Å²) in [6.07, 6.45) is 0. The van der Waals surface area contributed by atoms with Crippen LogP contribution in [0.2, 0.25) is 5.02 Å².